The summed E-state index contributed by atoms with van der Waals surface area (Å²) in [6.07, 6.45) is 2.31. The van der Waals surface area contributed by atoms with E-state index in [2.05, 4.69) is 0 Å². The predicted molar refractivity (Wildman–Crippen MR) is 44.0 cm³/mol. The van der Waals surface area contributed by atoms with E-state index in [0.717, 1.165) is 6.42 Å². The fraction of sp³-hybridized carbons (Fsp3) is 0.500. The summed E-state index contributed by atoms with van der Waals surface area (Å²) in [7, 11) is 0. The van der Waals surface area contributed by atoms with E-state index in [1.165, 1.54) is 6.20 Å². The Morgan fingerprint density at radius 1 is 1.42 bits per heavy atom. The molecule has 0 aromatic carbocycles. The molecule has 0 amide bonds. The van der Waals surface area contributed by atoms with Crippen LogP contribution in [0.3, 0.4) is 0 Å². The summed E-state index contributed by atoms with van der Waals surface area (Å²) >= 11 is 0. The topological polar surface area (TPSA) is 65.6 Å². The fourth-order valence-electron chi connectivity index (χ4n) is 1.18. The van der Waals surface area contributed by atoms with E-state index in [1.807, 2.05) is 6.92 Å². The number of hydrogen-bond donors (Lipinski definition) is 3. The second kappa shape index (κ2) is 3.49. The van der Waals surface area contributed by atoms with Crippen molar-refractivity contribution in [1.82, 2.24) is 4.57 Å². The maximum atomic E-state index is 9.21. The van der Waals surface area contributed by atoms with Crippen molar-refractivity contribution in [3.8, 4) is 11.5 Å². The summed E-state index contributed by atoms with van der Waals surface area (Å²) in [6, 6.07) is 0. The zero-order valence-electron chi connectivity index (χ0n) is 6.99. The predicted octanol–water partition coefficient (Wildman–Crippen LogP) is 0.802. The first-order valence-electron chi connectivity index (χ1n) is 3.91. The second-order valence-corrected chi connectivity index (χ2v) is 2.66. The maximum Gasteiger partial charge on any atom is 0.181 e. The van der Waals surface area contributed by atoms with Gasteiger partial charge in [0.05, 0.1) is 18.5 Å². The Bertz CT molecular complexity index is 268. The lowest BCUT2D eigenvalue weighted by Crippen LogP contribution is -2.00. The summed E-state index contributed by atoms with van der Waals surface area (Å²) < 4.78 is 1.64. The zero-order chi connectivity index (χ0) is 9.14. The minimum Gasteiger partial charge on any atom is -0.503 e. The molecule has 0 spiro atoms. The van der Waals surface area contributed by atoms with Gasteiger partial charge in [-0.05, 0) is 6.42 Å². The number of rotatable bonds is 3. The lowest BCUT2D eigenvalue weighted by molar-refractivity contribution is 0.263. The smallest absolute Gasteiger partial charge is 0.181 e. The minimum atomic E-state index is -0.258. The Morgan fingerprint density at radius 2 is 2.08 bits per heavy atom. The van der Waals surface area contributed by atoms with Crippen molar-refractivity contribution in [2.24, 2.45) is 0 Å². The standard InChI is InChI=1S/C8H13NO3/c1-2-3-9-4-7(11)8(12)6(9)5-10/h4,10-12H,2-3,5H2,1H3. The van der Waals surface area contributed by atoms with Crippen LogP contribution in [0.5, 0.6) is 11.5 Å². The molecule has 0 saturated carbocycles. The molecule has 0 atom stereocenters. The molecule has 4 heteroatoms. The molecular weight excluding hydrogens is 158 g/mol. The quantitative estimate of drug-likeness (QED) is 0.630. The highest BCUT2D eigenvalue weighted by Crippen LogP contribution is 2.30. The van der Waals surface area contributed by atoms with Gasteiger partial charge in [-0.1, -0.05) is 6.92 Å². The number of nitrogens with zero attached hydrogens (tertiary/aromatic N) is 1. The number of aromatic hydroxyl groups is 2. The molecular formula is C8H13NO3. The van der Waals surface area contributed by atoms with E-state index >= 15 is 0 Å². The van der Waals surface area contributed by atoms with Gasteiger partial charge in [-0.25, -0.2) is 0 Å². The van der Waals surface area contributed by atoms with Crippen molar-refractivity contribution in [2.75, 3.05) is 0 Å². The molecule has 3 N–H and O–H groups in total. The molecule has 1 rings (SSSR count). The van der Waals surface area contributed by atoms with Crippen LogP contribution in [0, 0.1) is 0 Å². The Morgan fingerprint density at radius 3 is 2.58 bits per heavy atom. The van der Waals surface area contributed by atoms with E-state index < -0.39 is 0 Å². The van der Waals surface area contributed by atoms with Crippen molar-refractivity contribution in [2.45, 2.75) is 26.5 Å². The molecule has 12 heavy (non-hydrogen) atoms. The molecule has 1 heterocycles. The van der Waals surface area contributed by atoms with Crippen LogP contribution in [-0.2, 0) is 13.2 Å². The monoisotopic (exact) mass is 171 g/mol. The lowest BCUT2D eigenvalue weighted by Gasteiger charge is -2.03. The molecule has 0 bridgehead atoms. The van der Waals surface area contributed by atoms with Crippen LogP contribution < -0.4 is 0 Å². The Balaban J connectivity index is 3.02. The molecule has 0 fully saturated rings. The summed E-state index contributed by atoms with van der Waals surface area (Å²) in [6.45, 7) is 2.41. The van der Waals surface area contributed by atoms with E-state index in [4.69, 9.17) is 10.2 Å². The van der Waals surface area contributed by atoms with Gasteiger partial charge in [-0.3, -0.25) is 0 Å². The normalized spacial score (nSPS) is 10.5. The zero-order valence-corrected chi connectivity index (χ0v) is 6.99. The van der Waals surface area contributed by atoms with Crippen LogP contribution in [-0.4, -0.2) is 19.9 Å². The van der Waals surface area contributed by atoms with Gasteiger partial charge >= 0.3 is 0 Å². The molecule has 68 valence electrons. The molecule has 4 nitrogen and oxygen atoms in total. The van der Waals surface area contributed by atoms with Gasteiger partial charge in [0.2, 0.25) is 0 Å². The van der Waals surface area contributed by atoms with Crippen molar-refractivity contribution >= 4 is 0 Å². The highest BCUT2D eigenvalue weighted by atomic mass is 16.3. The summed E-state index contributed by atoms with van der Waals surface area (Å²) in [5.41, 5.74) is 0.370. The second-order valence-electron chi connectivity index (χ2n) is 2.66. The summed E-state index contributed by atoms with van der Waals surface area (Å²) in [5, 5.41) is 27.2. The van der Waals surface area contributed by atoms with Crippen molar-refractivity contribution < 1.29 is 15.3 Å². The van der Waals surface area contributed by atoms with E-state index in [0.29, 0.717) is 12.2 Å². The fourth-order valence-corrected chi connectivity index (χ4v) is 1.18. The first-order valence-corrected chi connectivity index (χ1v) is 3.91. The van der Waals surface area contributed by atoms with Gasteiger partial charge in [0.1, 0.15) is 0 Å². The first-order chi connectivity index (χ1) is 5.70. The Kier molecular flexibility index (Phi) is 2.60. The van der Waals surface area contributed by atoms with Gasteiger partial charge in [0.25, 0.3) is 0 Å². The van der Waals surface area contributed by atoms with Crippen LogP contribution in [0.2, 0.25) is 0 Å². The number of aromatic nitrogens is 1. The van der Waals surface area contributed by atoms with Crippen LogP contribution in [0.4, 0.5) is 0 Å². The Labute approximate surface area is 70.7 Å². The average Bonchev–Trinajstić information content (AvgIpc) is 2.29. The molecule has 0 unspecified atom stereocenters. The van der Waals surface area contributed by atoms with E-state index in [1.54, 1.807) is 4.57 Å². The Hall–Kier alpha value is -1.16. The van der Waals surface area contributed by atoms with E-state index in [9.17, 15) is 5.11 Å². The van der Waals surface area contributed by atoms with Gasteiger partial charge in [0.15, 0.2) is 11.5 Å². The van der Waals surface area contributed by atoms with E-state index in [-0.39, 0.29) is 18.1 Å². The van der Waals surface area contributed by atoms with Crippen molar-refractivity contribution in [1.29, 1.82) is 0 Å². The third-order valence-electron chi connectivity index (χ3n) is 1.76. The minimum absolute atomic E-state index is 0.174. The maximum absolute atomic E-state index is 9.21. The van der Waals surface area contributed by atoms with Gasteiger partial charge in [-0.15, -0.1) is 0 Å². The molecule has 1 aromatic rings. The molecule has 0 radical (unpaired) electrons. The summed E-state index contributed by atoms with van der Waals surface area (Å²) in [5.74, 6) is -0.390. The van der Waals surface area contributed by atoms with Crippen LogP contribution in [0.1, 0.15) is 19.0 Å². The molecule has 0 aliphatic carbocycles. The third kappa shape index (κ3) is 1.38. The first kappa shape index (κ1) is 8.93. The van der Waals surface area contributed by atoms with Gasteiger partial charge in [-0.2, -0.15) is 0 Å². The molecule has 1 aromatic heterocycles. The lowest BCUT2D eigenvalue weighted by atomic mass is 10.4. The van der Waals surface area contributed by atoms with Crippen LogP contribution in [0.25, 0.3) is 0 Å². The number of aliphatic hydroxyl groups is 1. The highest BCUT2D eigenvalue weighted by Gasteiger charge is 2.12. The molecule has 0 aliphatic heterocycles. The summed E-state index contributed by atoms with van der Waals surface area (Å²) in [4.78, 5) is 0. The van der Waals surface area contributed by atoms with Crippen molar-refractivity contribution in [3.63, 3.8) is 0 Å². The SMILES string of the molecule is CCCn1cc(O)c(O)c1CO. The molecule has 0 saturated heterocycles. The third-order valence-corrected chi connectivity index (χ3v) is 1.76. The average molecular weight is 171 g/mol. The number of aryl methyl sites for hydroxylation is 1. The van der Waals surface area contributed by atoms with Crippen LogP contribution >= 0.6 is 0 Å². The highest BCUT2D eigenvalue weighted by molar-refractivity contribution is 5.41. The largest absolute Gasteiger partial charge is 0.503 e. The number of hydrogen-bond acceptors (Lipinski definition) is 3. The van der Waals surface area contributed by atoms with Gasteiger partial charge < -0.3 is 19.9 Å². The number of aliphatic hydroxyl groups excluding tert-OH is 1. The van der Waals surface area contributed by atoms with Gasteiger partial charge in [0, 0.05) is 6.54 Å². The molecule has 0 aliphatic rings. The van der Waals surface area contributed by atoms with Crippen LogP contribution in [0.15, 0.2) is 6.20 Å². The van der Waals surface area contributed by atoms with Crippen molar-refractivity contribution in [3.05, 3.63) is 11.9 Å².